The van der Waals surface area contributed by atoms with Crippen LogP contribution in [0.5, 0.6) is 11.5 Å². The molecule has 0 unspecified atom stereocenters. The number of pyridine rings is 2. The highest BCUT2D eigenvalue weighted by Gasteiger charge is 2.37. The summed E-state index contributed by atoms with van der Waals surface area (Å²) < 4.78 is 24.7. The average molecular weight is 762 g/mol. The molecule has 8 rings (SSSR count). The van der Waals surface area contributed by atoms with Crippen LogP contribution in [0.15, 0.2) is 79.3 Å². The molecule has 11 nitrogen and oxygen atoms in total. The highest BCUT2D eigenvalue weighted by molar-refractivity contribution is 6.35. The van der Waals surface area contributed by atoms with Crippen LogP contribution in [0.4, 0.5) is 10.6 Å². The first-order chi connectivity index (χ1) is 25.7. The smallest absolute Gasteiger partial charge is 0.416 e. The zero-order chi connectivity index (χ0) is 36.9. The summed E-state index contributed by atoms with van der Waals surface area (Å²) >= 11 is 12.9. The van der Waals surface area contributed by atoms with Crippen LogP contribution in [0, 0.1) is 11.1 Å². The summed E-state index contributed by atoms with van der Waals surface area (Å²) in [7, 11) is 1.58. The van der Waals surface area contributed by atoms with Crippen molar-refractivity contribution in [1.29, 1.82) is 0 Å². The highest BCUT2D eigenvalue weighted by Crippen LogP contribution is 2.38. The van der Waals surface area contributed by atoms with Crippen LogP contribution in [-0.4, -0.2) is 60.9 Å². The Hall–Kier alpha value is -4.58. The van der Waals surface area contributed by atoms with Gasteiger partial charge in [-0.3, -0.25) is 9.80 Å². The van der Waals surface area contributed by atoms with Crippen molar-refractivity contribution in [2.75, 3.05) is 31.6 Å². The number of nitrogens with zero attached hydrogens (tertiary/aromatic N) is 4. The molecule has 1 saturated carbocycles. The molecule has 0 N–H and O–H groups in total. The Labute approximate surface area is 318 Å². The lowest BCUT2D eigenvalue weighted by Crippen LogP contribution is -2.53. The number of ether oxygens (including phenoxy) is 4. The highest BCUT2D eigenvalue weighted by atomic mass is 35.5. The maximum absolute atomic E-state index is 13.8. The van der Waals surface area contributed by atoms with E-state index in [1.165, 1.54) is 17.3 Å². The maximum Gasteiger partial charge on any atom is 0.416 e. The van der Waals surface area contributed by atoms with Crippen molar-refractivity contribution in [3.8, 4) is 11.5 Å². The minimum absolute atomic E-state index is 0.0694. The molecule has 4 aromatic rings. The summed E-state index contributed by atoms with van der Waals surface area (Å²) in [5.41, 5.74) is 2.17. The van der Waals surface area contributed by atoms with Gasteiger partial charge in [0.15, 0.2) is 23.9 Å². The average Bonchev–Trinajstić information content (AvgIpc) is 3.69. The van der Waals surface area contributed by atoms with Gasteiger partial charge >= 0.3 is 12.1 Å². The minimum Gasteiger partial charge on any atom is -0.619 e. The Bertz CT molecular complexity index is 1880. The predicted octanol–water partition coefficient (Wildman–Crippen LogP) is 7.73. The van der Waals surface area contributed by atoms with Crippen molar-refractivity contribution in [2.24, 2.45) is 5.92 Å². The second kappa shape index (κ2) is 16.6. The molecule has 1 amide bonds. The summed E-state index contributed by atoms with van der Waals surface area (Å²) in [6.07, 6.45) is 8.93. The summed E-state index contributed by atoms with van der Waals surface area (Å²) in [4.78, 5) is 35.7. The molecule has 4 fully saturated rings. The number of piperidine rings is 3. The quantitative estimate of drug-likeness (QED) is 0.0813. The van der Waals surface area contributed by atoms with Crippen molar-refractivity contribution in [3.63, 3.8) is 0 Å². The van der Waals surface area contributed by atoms with Crippen LogP contribution >= 0.6 is 23.2 Å². The number of benzene rings is 2. The molecule has 5 heterocycles. The fourth-order valence-corrected chi connectivity index (χ4v) is 8.02. The van der Waals surface area contributed by atoms with E-state index in [4.69, 9.17) is 42.1 Å². The van der Waals surface area contributed by atoms with Crippen LogP contribution in [0.1, 0.15) is 71.7 Å². The van der Waals surface area contributed by atoms with Gasteiger partial charge in [0, 0.05) is 24.7 Å². The fraction of sp³-hybridized carbons (Fsp3) is 0.400. The zero-order valence-corrected chi connectivity index (χ0v) is 31.0. The van der Waals surface area contributed by atoms with E-state index in [1.807, 2.05) is 12.1 Å². The van der Waals surface area contributed by atoms with Gasteiger partial charge in [0.25, 0.3) is 0 Å². The lowest BCUT2D eigenvalue weighted by atomic mass is 9.86. The molecule has 4 aliphatic rings. The molecule has 0 radical (unpaired) electrons. The largest absolute Gasteiger partial charge is 0.619 e. The van der Waals surface area contributed by atoms with Gasteiger partial charge in [0.2, 0.25) is 0 Å². The third-order valence-corrected chi connectivity index (χ3v) is 11.0. The number of amides is 1. The summed E-state index contributed by atoms with van der Waals surface area (Å²) in [5.74, 6) is 1.37. The molecule has 0 spiro atoms. The molecule has 2 aromatic heterocycles. The van der Waals surface area contributed by atoms with Crippen molar-refractivity contribution < 1.29 is 33.3 Å². The van der Waals surface area contributed by atoms with Crippen LogP contribution in [0.2, 0.25) is 10.0 Å². The van der Waals surface area contributed by atoms with E-state index >= 15 is 0 Å². The molecule has 3 aliphatic heterocycles. The molecular formula is C40H42Cl2N4O7. The van der Waals surface area contributed by atoms with Gasteiger partial charge < -0.3 is 24.2 Å². The second-order valence-corrected chi connectivity index (χ2v) is 14.7. The number of fused-ring (bicyclic) bond motifs is 3. The van der Waals surface area contributed by atoms with Gasteiger partial charge in [-0.1, -0.05) is 47.5 Å². The van der Waals surface area contributed by atoms with Gasteiger partial charge in [-0.05, 0) is 105 Å². The van der Waals surface area contributed by atoms with E-state index in [0.29, 0.717) is 44.7 Å². The Morgan fingerprint density at radius 2 is 1.72 bits per heavy atom. The normalized spacial score (nSPS) is 20.1. The van der Waals surface area contributed by atoms with E-state index < -0.39 is 18.2 Å². The van der Waals surface area contributed by atoms with Gasteiger partial charge in [-0.25, -0.2) is 14.6 Å². The van der Waals surface area contributed by atoms with Crippen LogP contribution < -0.4 is 19.1 Å². The molecule has 2 atom stereocenters. The van der Waals surface area contributed by atoms with Gasteiger partial charge in [0.1, 0.15) is 28.1 Å². The van der Waals surface area contributed by atoms with Crippen LogP contribution in [0.25, 0.3) is 0 Å². The molecule has 1 aliphatic carbocycles. The second-order valence-electron chi connectivity index (χ2n) is 13.9. The molecular weight excluding hydrogens is 719 g/mol. The number of hydrogen-bond donors (Lipinski definition) is 0. The van der Waals surface area contributed by atoms with Crippen molar-refractivity contribution in [3.05, 3.63) is 117 Å². The number of hydrogen-bond acceptors (Lipinski definition) is 9. The first kappa shape index (κ1) is 36.8. The number of carbonyl (C=O) groups is 2. The first-order valence-electron chi connectivity index (χ1n) is 18.1. The number of halogens is 2. The van der Waals surface area contributed by atoms with E-state index in [9.17, 15) is 14.8 Å². The van der Waals surface area contributed by atoms with Crippen molar-refractivity contribution in [1.82, 2.24) is 9.88 Å². The lowest BCUT2D eigenvalue weighted by Gasteiger charge is -2.44. The molecule has 2 bridgehead atoms. The minimum atomic E-state index is -0.850. The topological polar surface area (TPSA) is 117 Å². The molecule has 53 heavy (non-hydrogen) atoms. The van der Waals surface area contributed by atoms with E-state index in [0.717, 1.165) is 63.7 Å². The SMILES string of the molecule is COc1ccc([C@@H](Cc2c(Cl)c[n+]([O-])cc2Cl)OC(=O)c2ccc(CN(C(=O)O[C@H]3CN4CCC3CC4)c3ccccn3)cc2)cc1OC1CCCC1. The summed E-state index contributed by atoms with van der Waals surface area (Å²) in [6, 6.07) is 17.7. The Balaban J connectivity index is 1.10. The predicted molar refractivity (Wildman–Crippen MR) is 199 cm³/mol. The monoisotopic (exact) mass is 760 g/mol. The van der Waals surface area contributed by atoms with Gasteiger partial charge in [-0.15, -0.1) is 0 Å². The maximum atomic E-state index is 13.8. The number of carbonyl (C=O) groups excluding carboxylic acids is 2. The zero-order valence-electron chi connectivity index (χ0n) is 29.5. The Kier molecular flexibility index (Phi) is 11.5. The number of esters is 1. The molecule has 2 aromatic carbocycles. The van der Waals surface area contributed by atoms with Gasteiger partial charge in [-0.2, -0.15) is 4.73 Å². The molecule has 13 heteroatoms. The van der Waals surface area contributed by atoms with E-state index in [-0.39, 0.29) is 35.2 Å². The number of methoxy groups -OCH3 is 1. The Morgan fingerprint density at radius 3 is 2.36 bits per heavy atom. The molecule has 278 valence electrons. The van der Waals surface area contributed by atoms with Crippen molar-refractivity contribution in [2.45, 2.75) is 69.8 Å². The van der Waals surface area contributed by atoms with E-state index in [1.54, 1.807) is 61.8 Å². The van der Waals surface area contributed by atoms with Crippen LogP contribution in [-0.2, 0) is 22.4 Å². The Morgan fingerprint density at radius 1 is 0.981 bits per heavy atom. The third-order valence-electron chi connectivity index (χ3n) is 10.4. The van der Waals surface area contributed by atoms with Crippen molar-refractivity contribution >= 4 is 41.1 Å². The third kappa shape index (κ3) is 8.80. The first-order valence-corrected chi connectivity index (χ1v) is 18.8. The summed E-state index contributed by atoms with van der Waals surface area (Å²) in [5, 5.41) is 12.3. The standard InChI is InChI=1S/C40H42Cl2N4O7/c1-50-34-14-13-29(20-36(34)51-30-6-2-3-7-30)35(21-31-32(41)23-45(49)24-33(31)42)52-39(47)28-11-9-26(10-12-28)22-46(38-8-4-5-17-43-38)40(48)53-37-25-44-18-15-27(37)16-19-44/h4-5,8-14,17,20,23-24,27,30,35,37H,2-3,6-7,15-16,18-19,21-22,25H2,1H3/t35-,37+/m1/s1. The number of aromatic nitrogens is 2. The van der Waals surface area contributed by atoms with E-state index in [2.05, 4.69) is 9.88 Å². The van der Waals surface area contributed by atoms with Crippen LogP contribution in [0.3, 0.4) is 0 Å². The molecule has 3 saturated heterocycles. The number of rotatable bonds is 12. The number of anilines is 1. The summed E-state index contributed by atoms with van der Waals surface area (Å²) in [6.45, 7) is 3.03. The van der Waals surface area contributed by atoms with Gasteiger partial charge in [0.05, 0.1) is 25.3 Å². The fourth-order valence-electron chi connectivity index (χ4n) is 7.43. The lowest BCUT2D eigenvalue weighted by molar-refractivity contribution is -0.605.